The first-order valence-electron chi connectivity index (χ1n) is 9.27. The van der Waals surface area contributed by atoms with Gasteiger partial charge >= 0.3 is 0 Å². The average molecular weight is 437 g/mol. The van der Waals surface area contributed by atoms with E-state index in [4.69, 9.17) is 25.5 Å². The van der Waals surface area contributed by atoms with Gasteiger partial charge in [-0.1, -0.05) is 11.6 Å². The zero-order valence-electron chi connectivity index (χ0n) is 16.3. The van der Waals surface area contributed by atoms with Crippen molar-refractivity contribution in [3.05, 3.63) is 48.0 Å². The maximum absolute atomic E-state index is 12.6. The minimum absolute atomic E-state index is 0.0963. The summed E-state index contributed by atoms with van der Waals surface area (Å²) < 4.78 is 30.0. The summed E-state index contributed by atoms with van der Waals surface area (Å²) in [4.78, 5) is 20.4. The van der Waals surface area contributed by atoms with Gasteiger partial charge in [-0.3, -0.25) is 9.48 Å². The van der Waals surface area contributed by atoms with E-state index in [0.29, 0.717) is 41.6 Å². The molecule has 11 heteroatoms. The molecule has 2 aromatic heterocycles. The molecule has 30 heavy (non-hydrogen) atoms. The second-order valence-corrected chi connectivity index (χ2v) is 6.61. The third kappa shape index (κ3) is 6.01. The van der Waals surface area contributed by atoms with Crippen molar-refractivity contribution in [2.24, 2.45) is 0 Å². The number of alkyl halides is 1. The van der Waals surface area contributed by atoms with Crippen molar-refractivity contribution < 1.29 is 23.1 Å². The standard InChI is InChI=1S/C19H21ClFN5O4/c1-13(21)28-7-8-29-16-4-3-14(9-15(16)20)18-17(24-12-30-18)19(27)23-5-2-6-26-11-22-10-25-26/h3-4,9-13H,2,5-8H2,1H3,(H,23,27)/i21-1. The van der Waals surface area contributed by atoms with Crippen LogP contribution in [0.3, 0.4) is 0 Å². The summed E-state index contributed by atoms with van der Waals surface area (Å²) in [5.74, 6) is 0.354. The van der Waals surface area contributed by atoms with Crippen LogP contribution in [0.15, 0.2) is 41.7 Å². The third-order valence-corrected chi connectivity index (χ3v) is 4.28. The molecular formula is C19H21ClFN5O4. The van der Waals surface area contributed by atoms with Crippen molar-refractivity contribution in [2.75, 3.05) is 19.8 Å². The molecule has 0 radical (unpaired) electrons. The second kappa shape index (κ2) is 10.7. The van der Waals surface area contributed by atoms with Crippen molar-refractivity contribution in [1.82, 2.24) is 25.1 Å². The fourth-order valence-corrected chi connectivity index (χ4v) is 2.84. The largest absolute Gasteiger partial charge is 0.490 e. The maximum Gasteiger partial charge on any atom is 0.273 e. The molecule has 0 aliphatic heterocycles. The van der Waals surface area contributed by atoms with Gasteiger partial charge in [-0.2, -0.15) is 5.10 Å². The molecule has 3 rings (SSSR count). The minimum atomic E-state index is -1.36. The van der Waals surface area contributed by atoms with Gasteiger partial charge in [0.15, 0.2) is 24.2 Å². The van der Waals surface area contributed by atoms with E-state index in [1.54, 1.807) is 29.2 Å². The fourth-order valence-electron chi connectivity index (χ4n) is 2.61. The van der Waals surface area contributed by atoms with Gasteiger partial charge in [0.05, 0.1) is 11.6 Å². The van der Waals surface area contributed by atoms with Crippen LogP contribution < -0.4 is 10.1 Å². The fraction of sp³-hybridized carbons (Fsp3) is 0.368. The lowest BCUT2D eigenvalue weighted by atomic mass is 10.1. The average Bonchev–Trinajstić information content (AvgIpc) is 3.41. The molecule has 1 amide bonds. The van der Waals surface area contributed by atoms with E-state index in [0.717, 1.165) is 0 Å². The van der Waals surface area contributed by atoms with Crippen molar-refractivity contribution >= 4 is 17.5 Å². The van der Waals surface area contributed by atoms with Crippen LogP contribution in [0.2, 0.25) is 5.02 Å². The second-order valence-electron chi connectivity index (χ2n) is 6.21. The van der Waals surface area contributed by atoms with Gasteiger partial charge in [-0.25, -0.2) is 14.4 Å². The molecule has 0 aliphatic carbocycles. The third-order valence-electron chi connectivity index (χ3n) is 3.98. The normalized spacial score (nSPS) is 12.0. The summed E-state index contributed by atoms with van der Waals surface area (Å²) in [6, 6.07) is 4.94. The summed E-state index contributed by atoms with van der Waals surface area (Å²) >= 11 is 6.26. The molecule has 3 aromatic rings. The summed E-state index contributed by atoms with van der Waals surface area (Å²) in [7, 11) is 0. The summed E-state index contributed by atoms with van der Waals surface area (Å²) in [6.07, 6.45) is 3.60. The Balaban J connectivity index is 1.56. The number of oxazole rings is 1. The highest BCUT2D eigenvalue weighted by Gasteiger charge is 2.19. The Morgan fingerprint density at radius 3 is 3.00 bits per heavy atom. The monoisotopic (exact) mass is 436 g/mol. The first-order chi connectivity index (χ1) is 14.5. The number of amides is 1. The van der Waals surface area contributed by atoms with Crippen molar-refractivity contribution in [1.29, 1.82) is 0 Å². The Morgan fingerprint density at radius 2 is 2.27 bits per heavy atom. The van der Waals surface area contributed by atoms with Crippen LogP contribution in [0.1, 0.15) is 23.8 Å². The lowest BCUT2D eigenvalue weighted by Crippen LogP contribution is -2.26. The van der Waals surface area contributed by atoms with Gasteiger partial charge in [0.25, 0.3) is 5.91 Å². The van der Waals surface area contributed by atoms with Crippen LogP contribution in [0.4, 0.5) is 4.39 Å². The Bertz CT molecular complexity index is 948. The molecule has 160 valence electrons. The Hall–Kier alpha value is -2.98. The molecule has 0 aliphatic rings. The highest BCUT2D eigenvalue weighted by Crippen LogP contribution is 2.31. The predicted molar refractivity (Wildman–Crippen MR) is 106 cm³/mol. The number of carbonyl (C=O) groups excluding carboxylic acids is 1. The quantitative estimate of drug-likeness (QED) is 0.460. The molecule has 0 fully saturated rings. The van der Waals surface area contributed by atoms with Gasteiger partial charge in [0.2, 0.25) is 0 Å². The Labute approximate surface area is 177 Å². The maximum atomic E-state index is 12.6. The van der Waals surface area contributed by atoms with Crippen LogP contribution in [-0.2, 0) is 11.3 Å². The number of benzene rings is 1. The van der Waals surface area contributed by atoms with E-state index in [-0.39, 0.29) is 24.8 Å². The van der Waals surface area contributed by atoms with Crippen LogP contribution in [0, 0.1) is 0 Å². The smallest absolute Gasteiger partial charge is 0.273 e. The number of carbonyl (C=O) groups is 1. The minimum Gasteiger partial charge on any atom is -0.490 e. The summed E-state index contributed by atoms with van der Waals surface area (Å²) in [5, 5.41) is 7.12. The van der Waals surface area contributed by atoms with Gasteiger partial charge in [0.1, 0.15) is 25.0 Å². The Kier molecular flexibility index (Phi) is 7.75. The topological polar surface area (TPSA) is 104 Å². The lowest BCUT2D eigenvalue weighted by molar-refractivity contribution is -0.0348. The van der Waals surface area contributed by atoms with E-state index in [1.807, 2.05) is 0 Å². The zero-order valence-corrected chi connectivity index (χ0v) is 17.0. The van der Waals surface area contributed by atoms with Crippen LogP contribution in [0.5, 0.6) is 5.75 Å². The Morgan fingerprint density at radius 1 is 1.40 bits per heavy atom. The number of hydrogen-bond acceptors (Lipinski definition) is 7. The molecule has 0 bridgehead atoms. The molecule has 1 unspecified atom stereocenters. The van der Waals surface area contributed by atoms with Crippen LogP contribution >= 0.6 is 11.6 Å². The number of aromatic nitrogens is 4. The first-order valence-corrected chi connectivity index (χ1v) is 9.65. The molecule has 1 N–H and O–H groups in total. The molecule has 0 saturated heterocycles. The van der Waals surface area contributed by atoms with Gasteiger partial charge in [-0.05, 0) is 31.5 Å². The number of rotatable bonds is 11. The van der Waals surface area contributed by atoms with Crippen molar-refractivity contribution in [3.8, 4) is 17.1 Å². The van der Waals surface area contributed by atoms with Gasteiger partial charge in [0, 0.05) is 18.7 Å². The number of ether oxygens (including phenoxy) is 2. The number of hydrogen-bond donors (Lipinski definition) is 1. The molecule has 9 nitrogen and oxygen atoms in total. The molecule has 2 heterocycles. The number of nitrogens with one attached hydrogen (secondary N) is 1. The molecule has 0 spiro atoms. The number of nitrogens with zero attached hydrogens (tertiary/aromatic N) is 4. The van der Waals surface area contributed by atoms with E-state index < -0.39 is 6.36 Å². The first kappa shape index (κ1) is 21.7. The van der Waals surface area contributed by atoms with Crippen LogP contribution in [0.25, 0.3) is 11.3 Å². The number of halogens is 2. The van der Waals surface area contributed by atoms with E-state index in [1.165, 1.54) is 19.6 Å². The van der Waals surface area contributed by atoms with Gasteiger partial charge < -0.3 is 19.2 Å². The van der Waals surface area contributed by atoms with Crippen LogP contribution in [-0.4, -0.2) is 51.8 Å². The zero-order chi connectivity index (χ0) is 21.3. The van der Waals surface area contributed by atoms with E-state index in [2.05, 4.69) is 20.4 Å². The lowest BCUT2D eigenvalue weighted by Gasteiger charge is -2.10. The van der Waals surface area contributed by atoms with Crippen molar-refractivity contribution in [3.63, 3.8) is 0 Å². The SMILES string of the molecule is CC([18F])OCCOc1ccc(-c2ocnc2C(=O)NCCCn2cncn2)cc1Cl. The van der Waals surface area contributed by atoms with Crippen molar-refractivity contribution in [2.45, 2.75) is 26.2 Å². The predicted octanol–water partition coefficient (Wildman–Crippen LogP) is 3.12. The highest BCUT2D eigenvalue weighted by atomic mass is 35.5. The molecule has 1 atom stereocenters. The molecule has 1 aromatic carbocycles. The summed E-state index contributed by atoms with van der Waals surface area (Å²) in [5.41, 5.74) is 0.733. The van der Waals surface area contributed by atoms with E-state index >= 15 is 0 Å². The molecular weight excluding hydrogens is 416 g/mol. The summed E-state index contributed by atoms with van der Waals surface area (Å²) in [6.45, 7) is 2.62. The highest BCUT2D eigenvalue weighted by molar-refractivity contribution is 6.32. The molecule has 0 saturated carbocycles. The number of aryl methyl sites for hydroxylation is 1. The van der Waals surface area contributed by atoms with E-state index in [9.17, 15) is 9.18 Å². The van der Waals surface area contributed by atoms with Gasteiger partial charge in [-0.15, -0.1) is 0 Å².